The number of hydrogen-bond acceptors (Lipinski definition) is 6. The molecule has 2 amide bonds. The van der Waals surface area contributed by atoms with Gasteiger partial charge >= 0.3 is 0 Å². The minimum atomic E-state index is -3.96. The normalized spacial score (nSPS) is 12.0. The third-order valence-corrected chi connectivity index (χ3v) is 8.02. The number of ether oxygens (including phenoxy) is 2. The molecule has 0 spiro atoms. The number of methoxy groups -OCH3 is 2. The van der Waals surface area contributed by atoms with Crippen molar-refractivity contribution in [3.63, 3.8) is 0 Å². The van der Waals surface area contributed by atoms with Gasteiger partial charge in [0.15, 0.2) is 0 Å². The number of amides is 2. The molecular weight excluding hydrogens is 554 g/mol. The molecule has 10 heteroatoms. The number of carbonyl (C=O) groups is 2. The average Bonchev–Trinajstić information content (AvgIpc) is 2.96. The van der Waals surface area contributed by atoms with Crippen molar-refractivity contribution in [2.24, 2.45) is 5.92 Å². The molecular formula is C32H41N3O6S. The van der Waals surface area contributed by atoms with Crippen molar-refractivity contribution in [2.45, 2.75) is 39.8 Å². The van der Waals surface area contributed by atoms with Gasteiger partial charge in [-0.2, -0.15) is 0 Å². The molecule has 3 aromatic rings. The molecule has 0 radical (unpaired) electrons. The highest BCUT2D eigenvalue weighted by molar-refractivity contribution is 7.92. The van der Waals surface area contributed by atoms with E-state index >= 15 is 0 Å². The highest BCUT2D eigenvalue weighted by Crippen LogP contribution is 2.34. The summed E-state index contributed by atoms with van der Waals surface area (Å²) in [6.07, 6.45) is 1.28. The second kappa shape index (κ2) is 14.7. The Morgan fingerprint density at radius 2 is 1.60 bits per heavy atom. The minimum absolute atomic E-state index is 0.116. The lowest BCUT2D eigenvalue weighted by Crippen LogP contribution is -2.53. The number of carbonyl (C=O) groups excluding carboxylic acids is 2. The van der Waals surface area contributed by atoms with Crippen LogP contribution in [0.1, 0.15) is 30.5 Å². The van der Waals surface area contributed by atoms with Crippen LogP contribution in [0, 0.1) is 12.8 Å². The van der Waals surface area contributed by atoms with Crippen molar-refractivity contribution in [3.05, 3.63) is 89.5 Å². The van der Waals surface area contributed by atoms with Crippen LogP contribution in [0.4, 0.5) is 5.69 Å². The first-order valence-corrected chi connectivity index (χ1v) is 15.6. The maximum atomic E-state index is 14.3. The zero-order valence-corrected chi connectivity index (χ0v) is 26.0. The summed E-state index contributed by atoms with van der Waals surface area (Å²) in [6, 6.07) is 20.9. The monoisotopic (exact) mass is 595 g/mol. The maximum Gasteiger partial charge on any atom is 0.244 e. The Labute approximate surface area is 249 Å². The van der Waals surface area contributed by atoms with Gasteiger partial charge in [-0.15, -0.1) is 0 Å². The third kappa shape index (κ3) is 8.72. The molecule has 0 heterocycles. The Bertz CT molecular complexity index is 1460. The van der Waals surface area contributed by atoms with Gasteiger partial charge in [0.25, 0.3) is 0 Å². The Hall–Kier alpha value is -4.05. The summed E-state index contributed by atoms with van der Waals surface area (Å²) in [5, 5.41) is 2.99. The quantitative estimate of drug-likeness (QED) is 0.300. The molecule has 0 saturated carbocycles. The minimum Gasteiger partial charge on any atom is -0.497 e. The van der Waals surface area contributed by atoms with Crippen molar-refractivity contribution >= 4 is 27.5 Å². The highest BCUT2D eigenvalue weighted by Gasteiger charge is 2.34. The highest BCUT2D eigenvalue weighted by atomic mass is 32.2. The summed E-state index contributed by atoms with van der Waals surface area (Å²) in [6.45, 7) is 5.93. The summed E-state index contributed by atoms with van der Waals surface area (Å²) in [5.74, 6) is 0.0234. The van der Waals surface area contributed by atoms with Gasteiger partial charge in [0.1, 0.15) is 24.1 Å². The van der Waals surface area contributed by atoms with Crippen LogP contribution in [-0.2, 0) is 32.6 Å². The molecule has 1 unspecified atom stereocenters. The molecule has 42 heavy (non-hydrogen) atoms. The van der Waals surface area contributed by atoms with E-state index in [0.717, 1.165) is 27.3 Å². The Morgan fingerprint density at radius 3 is 2.19 bits per heavy atom. The van der Waals surface area contributed by atoms with E-state index in [-0.39, 0.29) is 36.2 Å². The van der Waals surface area contributed by atoms with Crippen LogP contribution in [0.25, 0.3) is 0 Å². The van der Waals surface area contributed by atoms with E-state index in [1.807, 2.05) is 75.4 Å². The molecule has 0 bridgehead atoms. The first-order chi connectivity index (χ1) is 19.9. The predicted octanol–water partition coefficient (Wildman–Crippen LogP) is 4.19. The van der Waals surface area contributed by atoms with E-state index < -0.39 is 28.5 Å². The number of benzene rings is 3. The fourth-order valence-corrected chi connectivity index (χ4v) is 5.38. The number of sulfonamides is 1. The largest absolute Gasteiger partial charge is 0.497 e. The average molecular weight is 596 g/mol. The maximum absolute atomic E-state index is 14.3. The van der Waals surface area contributed by atoms with Gasteiger partial charge in [0.05, 0.1) is 26.2 Å². The Morgan fingerprint density at radius 1 is 0.929 bits per heavy atom. The van der Waals surface area contributed by atoms with E-state index in [0.29, 0.717) is 12.3 Å². The number of nitrogens with one attached hydrogen (secondary N) is 1. The first-order valence-electron chi connectivity index (χ1n) is 13.8. The lowest BCUT2D eigenvalue weighted by Gasteiger charge is -2.34. The van der Waals surface area contributed by atoms with E-state index in [9.17, 15) is 18.0 Å². The van der Waals surface area contributed by atoms with Gasteiger partial charge in [0.2, 0.25) is 21.8 Å². The SMILES string of the molecule is COc1ccc(OC)c(N(CC(=O)N(Cc2ccccc2C)C(Cc2ccccc2)C(=O)NCC(C)C)S(C)(=O)=O)c1. The van der Waals surface area contributed by atoms with Crippen molar-refractivity contribution < 1.29 is 27.5 Å². The molecule has 3 aromatic carbocycles. The number of anilines is 1. The smallest absolute Gasteiger partial charge is 0.244 e. The lowest BCUT2D eigenvalue weighted by atomic mass is 10.0. The standard InChI is InChI=1S/C32H41N3O6S/c1-23(2)20-33-32(37)29(18-25-13-8-7-9-14-25)34(21-26-15-11-10-12-24(26)3)31(36)22-35(42(6,38)39)28-19-27(40-4)16-17-30(28)41-5/h7-17,19,23,29H,18,20-22H2,1-6H3,(H,33,37). The molecule has 9 nitrogen and oxygen atoms in total. The molecule has 1 atom stereocenters. The lowest BCUT2D eigenvalue weighted by molar-refractivity contribution is -0.140. The van der Waals surface area contributed by atoms with Crippen LogP contribution in [0.15, 0.2) is 72.8 Å². The molecule has 0 aliphatic rings. The number of rotatable bonds is 14. The second-order valence-corrected chi connectivity index (χ2v) is 12.5. The number of aryl methyl sites for hydroxylation is 1. The van der Waals surface area contributed by atoms with Crippen LogP contribution in [0.5, 0.6) is 11.5 Å². The van der Waals surface area contributed by atoms with Gasteiger partial charge in [0, 0.05) is 25.6 Å². The van der Waals surface area contributed by atoms with Gasteiger partial charge in [-0.25, -0.2) is 8.42 Å². The summed E-state index contributed by atoms with van der Waals surface area (Å²) >= 11 is 0. The third-order valence-electron chi connectivity index (χ3n) is 6.89. The van der Waals surface area contributed by atoms with Gasteiger partial charge < -0.3 is 19.7 Å². The fourth-order valence-electron chi connectivity index (χ4n) is 4.53. The van der Waals surface area contributed by atoms with Crippen LogP contribution >= 0.6 is 0 Å². The van der Waals surface area contributed by atoms with E-state index in [4.69, 9.17) is 9.47 Å². The number of nitrogens with zero attached hydrogens (tertiary/aromatic N) is 2. The molecule has 0 saturated heterocycles. The Kier molecular flexibility index (Phi) is 11.4. The zero-order valence-electron chi connectivity index (χ0n) is 25.2. The molecule has 1 N–H and O–H groups in total. The van der Waals surface area contributed by atoms with Crippen molar-refractivity contribution in [2.75, 3.05) is 37.9 Å². The molecule has 0 fully saturated rings. The van der Waals surface area contributed by atoms with Gasteiger partial charge in [-0.05, 0) is 41.7 Å². The summed E-state index contributed by atoms with van der Waals surface area (Å²) in [5.41, 5.74) is 2.84. The predicted molar refractivity (Wildman–Crippen MR) is 165 cm³/mol. The van der Waals surface area contributed by atoms with E-state index in [1.165, 1.54) is 25.2 Å². The second-order valence-electron chi connectivity index (χ2n) is 10.6. The van der Waals surface area contributed by atoms with Gasteiger partial charge in [-0.3, -0.25) is 13.9 Å². The summed E-state index contributed by atoms with van der Waals surface area (Å²) in [7, 11) is -1.07. The number of hydrogen-bond donors (Lipinski definition) is 1. The van der Waals surface area contributed by atoms with Crippen LogP contribution < -0.4 is 19.1 Å². The molecule has 3 rings (SSSR count). The van der Waals surface area contributed by atoms with Crippen molar-refractivity contribution in [3.8, 4) is 11.5 Å². The van der Waals surface area contributed by atoms with Crippen molar-refractivity contribution in [1.29, 1.82) is 0 Å². The molecule has 0 aromatic heterocycles. The summed E-state index contributed by atoms with van der Waals surface area (Å²) < 4.78 is 38.0. The topological polar surface area (TPSA) is 105 Å². The first kappa shape index (κ1) is 32.5. The van der Waals surface area contributed by atoms with Crippen LogP contribution in [-0.4, -0.2) is 64.7 Å². The fraction of sp³-hybridized carbons (Fsp3) is 0.375. The van der Waals surface area contributed by atoms with Gasteiger partial charge in [-0.1, -0.05) is 68.4 Å². The van der Waals surface area contributed by atoms with E-state index in [2.05, 4.69) is 5.32 Å². The molecule has 0 aliphatic carbocycles. The van der Waals surface area contributed by atoms with E-state index in [1.54, 1.807) is 12.1 Å². The van der Waals surface area contributed by atoms with Crippen molar-refractivity contribution in [1.82, 2.24) is 10.2 Å². The van der Waals surface area contributed by atoms with Crippen LogP contribution in [0.2, 0.25) is 0 Å². The molecule has 0 aliphatic heterocycles. The summed E-state index contributed by atoms with van der Waals surface area (Å²) in [4.78, 5) is 29.5. The Balaban J connectivity index is 2.11. The van der Waals surface area contributed by atoms with Crippen LogP contribution in [0.3, 0.4) is 0 Å². The molecule has 226 valence electrons. The zero-order chi connectivity index (χ0) is 30.9.